The molecule has 3 rings (SSSR count). The number of thiophene rings is 1. The van der Waals surface area contributed by atoms with Crippen LogP contribution < -0.4 is 5.32 Å². The van der Waals surface area contributed by atoms with E-state index >= 15 is 0 Å². The van der Waals surface area contributed by atoms with Crippen LogP contribution in [0.1, 0.15) is 38.3 Å². The lowest BCUT2D eigenvalue weighted by Crippen LogP contribution is -2.24. The van der Waals surface area contributed by atoms with Crippen molar-refractivity contribution < 1.29 is 0 Å². The molecule has 1 fully saturated rings. The van der Waals surface area contributed by atoms with Crippen LogP contribution >= 0.6 is 27.3 Å². The van der Waals surface area contributed by atoms with Crippen molar-refractivity contribution >= 4 is 37.4 Å². The first-order chi connectivity index (χ1) is 9.22. The van der Waals surface area contributed by atoms with Crippen LogP contribution in [0.3, 0.4) is 0 Å². The summed E-state index contributed by atoms with van der Waals surface area (Å²) in [6, 6.07) is 7.09. The molecule has 0 saturated heterocycles. The summed E-state index contributed by atoms with van der Waals surface area (Å²) < 4.78 is 2.61. The van der Waals surface area contributed by atoms with Crippen LogP contribution in [0.4, 0.5) is 0 Å². The van der Waals surface area contributed by atoms with Gasteiger partial charge in [-0.25, -0.2) is 0 Å². The number of nitrogens with one attached hydrogen (secondary N) is 1. The van der Waals surface area contributed by atoms with Crippen molar-refractivity contribution in [1.82, 2.24) is 5.32 Å². The Kier molecular flexibility index (Phi) is 3.97. The molecule has 0 radical (unpaired) electrons. The van der Waals surface area contributed by atoms with E-state index in [0.717, 1.165) is 18.4 Å². The van der Waals surface area contributed by atoms with E-state index in [1.54, 1.807) is 0 Å². The number of hydrogen-bond acceptors (Lipinski definition) is 2. The Morgan fingerprint density at radius 2 is 2.26 bits per heavy atom. The molecule has 1 aromatic carbocycles. The van der Waals surface area contributed by atoms with Crippen molar-refractivity contribution in [2.45, 2.75) is 32.7 Å². The molecule has 0 aliphatic heterocycles. The lowest BCUT2D eigenvalue weighted by atomic mass is 10.0. The highest BCUT2D eigenvalue weighted by Crippen LogP contribution is 2.49. The number of rotatable bonds is 5. The summed E-state index contributed by atoms with van der Waals surface area (Å²) in [6.07, 6.45) is 2.57. The Balaban J connectivity index is 1.97. The van der Waals surface area contributed by atoms with Crippen molar-refractivity contribution in [2.75, 3.05) is 6.54 Å². The van der Waals surface area contributed by atoms with E-state index in [1.165, 1.54) is 33.0 Å². The minimum Gasteiger partial charge on any atom is -0.310 e. The average Bonchev–Trinajstić information content (AvgIpc) is 2.96. The normalized spacial score (nSPS) is 23.7. The Morgan fingerprint density at radius 3 is 2.95 bits per heavy atom. The van der Waals surface area contributed by atoms with Crippen molar-refractivity contribution in [2.24, 2.45) is 11.8 Å². The maximum Gasteiger partial charge on any atom is 0.0488 e. The fourth-order valence-corrected chi connectivity index (χ4v) is 4.55. The molecule has 1 heterocycles. The summed E-state index contributed by atoms with van der Waals surface area (Å²) in [4.78, 5) is 0. The van der Waals surface area contributed by atoms with Gasteiger partial charge in [0.15, 0.2) is 0 Å². The summed E-state index contributed by atoms with van der Waals surface area (Å²) in [7, 11) is 0. The molecule has 1 aromatic heterocycles. The summed E-state index contributed by atoms with van der Waals surface area (Å²) >= 11 is 5.53. The lowest BCUT2D eigenvalue weighted by molar-refractivity contribution is 0.466. The highest BCUT2D eigenvalue weighted by atomic mass is 79.9. The number of fused-ring (bicyclic) bond motifs is 1. The predicted octanol–water partition coefficient (Wildman–Crippen LogP) is 5.36. The molecular weight excluding hydrogens is 318 g/mol. The van der Waals surface area contributed by atoms with E-state index in [4.69, 9.17) is 0 Å². The van der Waals surface area contributed by atoms with Crippen LogP contribution in [0.15, 0.2) is 28.1 Å². The summed E-state index contributed by atoms with van der Waals surface area (Å²) in [5, 5.41) is 7.55. The standard InChI is InChI=1S/C16H20BrNS/c1-3-7-18-15(12-8-10(12)2)13-9-19-16-11(13)5-4-6-14(16)17/h4-6,9-10,12,15,18H,3,7-8H2,1-2H3. The van der Waals surface area contributed by atoms with Gasteiger partial charge in [-0.3, -0.25) is 0 Å². The molecule has 1 aliphatic carbocycles. The highest BCUT2D eigenvalue weighted by Gasteiger charge is 2.40. The zero-order valence-corrected chi connectivity index (χ0v) is 13.9. The molecule has 1 aliphatic rings. The quantitative estimate of drug-likeness (QED) is 0.774. The maximum atomic E-state index is 3.77. The van der Waals surface area contributed by atoms with E-state index in [0.29, 0.717) is 6.04 Å². The molecule has 1 N–H and O–H groups in total. The van der Waals surface area contributed by atoms with Gasteiger partial charge >= 0.3 is 0 Å². The minimum atomic E-state index is 0.540. The van der Waals surface area contributed by atoms with E-state index in [2.05, 4.69) is 58.7 Å². The Labute approximate surface area is 127 Å². The maximum absolute atomic E-state index is 3.77. The molecule has 3 heteroatoms. The lowest BCUT2D eigenvalue weighted by Gasteiger charge is -2.18. The SMILES string of the molecule is CCCNC(c1csc2c(Br)cccc12)C1CC1C. The molecule has 2 aromatic rings. The molecule has 0 spiro atoms. The second-order valence-electron chi connectivity index (χ2n) is 5.62. The molecule has 0 bridgehead atoms. The average molecular weight is 338 g/mol. The van der Waals surface area contributed by atoms with Gasteiger partial charge in [-0.05, 0) is 69.5 Å². The third kappa shape index (κ3) is 2.61. The van der Waals surface area contributed by atoms with Crippen LogP contribution in [0.2, 0.25) is 0 Å². The Hall–Kier alpha value is -0.380. The molecule has 19 heavy (non-hydrogen) atoms. The van der Waals surface area contributed by atoms with Crippen LogP contribution in [-0.2, 0) is 0 Å². The van der Waals surface area contributed by atoms with Crippen molar-refractivity contribution in [3.63, 3.8) is 0 Å². The fraction of sp³-hybridized carbons (Fsp3) is 0.500. The van der Waals surface area contributed by atoms with Gasteiger partial charge in [0.1, 0.15) is 0 Å². The van der Waals surface area contributed by atoms with Gasteiger partial charge in [-0.2, -0.15) is 0 Å². The summed E-state index contributed by atoms with van der Waals surface area (Å²) in [5.74, 6) is 1.69. The molecule has 1 nitrogen and oxygen atoms in total. The van der Waals surface area contributed by atoms with E-state index in [-0.39, 0.29) is 0 Å². The van der Waals surface area contributed by atoms with Crippen LogP contribution in [0.5, 0.6) is 0 Å². The zero-order valence-electron chi connectivity index (χ0n) is 11.4. The van der Waals surface area contributed by atoms with Gasteiger partial charge in [0, 0.05) is 15.2 Å². The second kappa shape index (κ2) is 5.55. The molecule has 3 atom stereocenters. The third-order valence-electron chi connectivity index (χ3n) is 4.13. The van der Waals surface area contributed by atoms with Crippen LogP contribution in [0.25, 0.3) is 10.1 Å². The van der Waals surface area contributed by atoms with Gasteiger partial charge in [0.25, 0.3) is 0 Å². The molecule has 102 valence electrons. The number of hydrogen-bond donors (Lipinski definition) is 1. The van der Waals surface area contributed by atoms with Crippen LogP contribution in [0, 0.1) is 11.8 Å². The first-order valence-electron chi connectivity index (χ1n) is 7.11. The zero-order chi connectivity index (χ0) is 13.4. The van der Waals surface area contributed by atoms with E-state index in [9.17, 15) is 0 Å². The third-order valence-corrected chi connectivity index (χ3v) is 6.10. The molecule has 0 amide bonds. The van der Waals surface area contributed by atoms with Crippen LogP contribution in [-0.4, -0.2) is 6.54 Å². The molecule has 1 saturated carbocycles. The fourth-order valence-electron chi connectivity index (χ4n) is 2.89. The van der Waals surface area contributed by atoms with Gasteiger partial charge in [0.2, 0.25) is 0 Å². The van der Waals surface area contributed by atoms with Gasteiger partial charge < -0.3 is 5.32 Å². The van der Waals surface area contributed by atoms with Gasteiger partial charge in [-0.15, -0.1) is 11.3 Å². The van der Waals surface area contributed by atoms with Gasteiger partial charge in [0.05, 0.1) is 0 Å². The Morgan fingerprint density at radius 1 is 1.47 bits per heavy atom. The second-order valence-corrected chi connectivity index (χ2v) is 7.35. The molecular formula is C16H20BrNS. The van der Waals surface area contributed by atoms with E-state index < -0.39 is 0 Å². The predicted molar refractivity (Wildman–Crippen MR) is 87.8 cm³/mol. The first-order valence-corrected chi connectivity index (χ1v) is 8.78. The summed E-state index contributed by atoms with van der Waals surface area (Å²) in [6.45, 7) is 5.72. The first kappa shape index (κ1) is 13.6. The molecule has 3 unspecified atom stereocenters. The number of benzene rings is 1. The summed E-state index contributed by atoms with van der Waals surface area (Å²) in [5.41, 5.74) is 1.50. The van der Waals surface area contributed by atoms with E-state index in [1.807, 2.05) is 11.3 Å². The largest absolute Gasteiger partial charge is 0.310 e. The van der Waals surface area contributed by atoms with Gasteiger partial charge in [-0.1, -0.05) is 26.0 Å². The van der Waals surface area contributed by atoms with Crippen molar-refractivity contribution in [3.8, 4) is 0 Å². The number of halogens is 1. The topological polar surface area (TPSA) is 12.0 Å². The highest BCUT2D eigenvalue weighted by molar-refractivity contribution is 9.10. The monoisotopic (exact) mass is 337 g/mol. The Bertz CT molecular complexity index is 577. The van der Waals surface area contributed by atoms with Crippen molar-refractivity contribution in [1.29, 1.82) is 0 Å². The van der Waals surface area contributed by atoms with Crippen molar-refractivity contribution in [3.05, 3.63) is 33.6 Å². The smallest absolute Gasteiger partial charge is 0.0488 e. The minimum absolute atomic E-state index is 0.540.